The average molecular weight is 417 g/mol. The van der Waals surface area contributed by atoms with Gasteiger partial charge in [0.05, 0.1) is 11.1 Å². The zero-order valence-corrected chi connectivity index (χ0v) is 18.4. The fourth-order valence-electron chi connectivity index (χ4n) is 5.21. The zero-order valence-electron chi connectivity index (χ0n) is 18.4. The van der Waals surface area contributed by atoms with E-state index in [-0.39, 0.29) is 0 Å². The number of aromatic amines is 1. The predicted molar refractivity (Wildman–Crippen MR) is 126 cm³/mol. The number of H-pyrrole nitrogens is 1. The van der Waals surface area contributed by atoms with Crippen LogP contribution in [0.5, 0.6) is 0 Å². The van der Waals surface area contributed by atoms with E-state index < -0.39 is 5.41 Å². The summed E-state index contributed by atoms with van der Waals surface area (Å²) in [5.74, 6) is 0. The third-order valence-corrected chi connectivity index (χ3v) is 6.62. The monoisotopic (exact) mass is 416 g/mol. The minimum Gasteiger partial charge on any atom is -0.281 e. The topological polar surface area (TPSA) is 34.7 Å². The van der Waals surface area contributed by atoms with Crippen molar-refractivity contribution in [3.63, 3.8) is 0 Å². The van der Waals surface area contributed by atoms with Crippen LogP contribution in [0.25, 0.3) is 11.1 Å². The molecular formula is C28H24N4+2. The summed E-state index contributed by atoms with van der Waals surface area (Å²) in [5, 5.41) is 7.71. The van der Waals surface area contributed by atoms with Crippen molar-refractivity contribution in [1.29, 1.82) is 0 Å². The fraction of sp³-hybridized carbons (Fsp3) is 0.143. The highest BCUT2D eigenvalue weighted by molar-refractivity contribution is 5.86. The van der Waals surface area contributed by atoms with Crippen LogP contribution in [-0.2, 0) is 5.41 Å². The van der Waals surface area contributed by atoms with Gasteiger partial charge in [-0.25, -0.2) is 0 Å². The molecule has 4 heteroatoms. The Kier molecular flexibility index (Phi) is 3.95. The largest absolute Gasteiger partial charge is 0.495 e. The van der Waals surface area contributed by atoms with Gasteiger partial charge in [-0.2, -0.15) is 5.10 Å². The Balaban J connectivity index is 1.74. The first-order valence-corrected chi connectivity index (χ1v) is 10.9. The molecule has 3 aromatic carbocycles. The average Bonchev–Trinajstić information content (AvgIpc) is 3.52. The first-order chi connectivity index (χ1) is 15.6. The molecule has 0 fully saturated rings. The summed E-state index contributed by atoms with van der Waals surface area (Å²) in [7, 11) is 1.99. The molecule has 32 heavy (non-hydrogen) atoms. The highest BCUT2D eigenvalue weighted by atomic mass is 15.1. The van der Waals surface area contributed by atoms with E-state index in [9.17, 15) is 0 Å². The van der Waals surface area contributed by atoms with Gasteiger partial charge in [-0.15, -0.1) is 0 Å². The van der Waals surface area contributed by atoms with Crippen molar-refractivity contribution < 1.29 is 9.15 Å². The van der Waals surface area contributed by atoms with Gasteiger partial charge in [0.1, 0.15) is 0 Å². The number of aromatic nitrogens is 2. The molecule has 0 bridgehead atoms. The molecule has 1 aliphatic carbocycles. The van der Waals surface area contributed by atoms with E-state index >= 15 is 0 Å². The van der Waals surface area contributed by atoms with Gasteiger partial charge in [0.25, 0.3) is 6.20 Å². The minimum absolute atomic E-state index is 0.468. The van der Waals surface area contributed by atoms with Crippen LogP contribution in [0, 0.1) is 13.8 Å². The van der Waals surface area contributed by atoms with Gasteiger partial charge in [-0.3, -0.25) is 5.10 Å². The lowest BCUT2D eigenvalue weighted by atomic mass is 9.69. The van der Waals surface area contributed by atoms with E-state index in [1.807, 2.05) is 34.8 Å². The lowest BCUT2D eigenvalue weighted by molar-refractivity contribution is -0.429. The maximum Gasteiger partial charge on any atom is 0.495 e. The molecule has 4 nitrogen and oxygen atoms in total. The second-order valence-electron chi connectivity index (χ2n) is 8.75. The molecular weight excluding hydrogens is 392 g/mol. The normalized spacial score (nSPS) is 15.3. The number of nitrogens with one attached hydrogen (secondary N) is 1. The first-order valence-electron chi connectivity index (χ1n) is 10.9. The SMILES string of the molecule is Cc1ccc2c(c1)C(c1cccc([N+]3=C=[N+](C)C=C3)c1)(c1ccn[nH]1)c1cc(C)ccc1-2. The number of hydrogen-bond acceptors (Lipinski definition) is 1. The molecule has 0 spiro atoms. The van der Waals surface area contributed by atoms with Crippen molar-refractivity contribution in [2.45, 2.75) is 19.3 Å². The second kappa shape index (κ2) is 6.74. The van der Waals surface area contributed by atoms with Crippen molar-refractivity contribution >= 4 is 11.7 Å². The van der Waals surface area contributed by atoms with E-state index in [2.05, 4.69) is 96.8 Å². The van der Waals surface area contributed by atoms with E-state index in [1.54, 1.807) is 0 Å². The standard InChI is InChI=1S/C28H24N4/c1-19-7-9-23-24-10-8-20(2)16-26(24)28(25(23)15-19,27-11-12-29-30-27)21-5-4-6-22(17-21)32-14-13-31(3)18-32/h4-17H,1-3H3,(H,29,30)/q+2. The smallest absolute Gasteiger partial charge is 0.281 e. The molecule has 0 saturated heterocycles. The maximum absolute atomic E-state index is 4.37. The van der Waals surface area contributed by atoms with Gasteiger partial charge in [-0.05, 0) is 47.7 Å². The van der Waals surface area contributed by atoms with E-state index in [4.69, 9.17) is 0 Å². The number of hydrogen-bond donors (Lipinski definition) is 1. The van der Waals surface area contributed by atoms with Crippen molar-refractivity contribution in [2.75, 3.05) is 7.05 Å². The molecule has 154 valence electrons. The summed E-state index contributed by atoms with van der Waals surface area (Å²) in [4.78, 5) is 0. The highest BCUT2D eigenvalue weighted by Gasteiger charge is 2.47. The number of fused-ring (bicyclic) bond motifs is 3. The molecule has 0 saturated carbocycles. The van der Waals surface area contributed by atoms with E-state index in [1.165, 1.54) is 38.9 Å². The van der Waals surface area contributed by atoms with Crippen LogP contribution in [0.15, 0.2) is 85.3 Å². The van der Waals surface area contributed by atoms with Gasteiger partial charge < -0.3 is 0 Å². The lowest BCUT2D eigenvalue weighted by Crippen LogP contribution is -2.29. The summed E-state index contributed by atoms with van der Waals surface area (Å²) >= 11 is 0. The van der Waals surface area contributed by atoms with E-state index in [0.717, 1.165) is 11.4 Å². The third kappa shape index (κ3) is 2.54. The summed E-state index contributed by atoms with van der Waals surface area (Å²) in [6, 6.07) is 27.8. The lowest BCUT2D eigenvalue weighted by Gasteiger charge is -2.32. The van der Waals surface area contributed by atoms with Crippen molar-refractivity contribution in [2.24, 2.45) is 0 Å². The Morgan fingerprint density at radius 1 is 0.844 bits per heavy atom. The van der Waals surface area contributed by atoms with Crippen LogP contribution in [0.3, 0.4) is 0 Å². The number of aryl methyl sites for hydroxylation is 2. The molecule has 0 amide bonds. The van der Waals surface area contributed by atoms with Crippen LogP contribution < -0.4 is 0 Å². The second-order valence-corrected chi connectivity index (χ2v) is 8.75. The van der Waals surface area contributed by atoms with Crippen LogP contribution in [-0.4, -0.2) is 32.4 Å². The third-order valence-electron chi connectivity index (χ3n) is 6.62. The van der Waals surface area contributed by atoms with Crippen LogP contribution >= 0.6 is 0 Å². The molecule has 0 unspecified atom stereocenters. The summed E-state index contributed by atoms with van der Waals surface area (Å²) in [5.41, 5.74) is 10.5. The predicted octanol–water partition coefficient (Wildman–Crippen LogP) is 5.33. The quantitative estimate of drug-likeness (QED) is 0.396. The van der Waals surface area contributed by atoms with Gasteiger partial charge in [0.15, 0.2) is 7.05 Å². The number of rotatable bonds is 3. The zero-order chi connectivity index (χ0) is 21.9. The van der Waals surface area contributed by atoms with Gasteiger partial charge in [0, 0.05) is 18.3 Å². The van der Waals surface area contributed by atoms with Crippen LogP contribution in [0.1, 0.15) is 33.5 Å². The molecule has 2 aliphatic rings. The molecule has 6 rings (SSSR count). The molecule has 0 radical (unpaired) electrons. The molecule has 1 aromatic heterocycles. The minimum atomic E-state index is -0.468. The molecule has 1 aliphatic heterocycles. The Morgan fingerprint density at radius 2 is 1.56 bits per heavy atom. The molecule has 4 aromatic rings. The Bertz CT molecular complexity index is 1430. The van der Waals surface area contributed by atoms with Crippen molar-refractivity contribution in [1.82, 2.24) is 10.2 Å². The summed E-state index contributed by atoms with van der Waals surface area (Å²) in [6.45, 7) is 4.33. The Labute approximate surface area is 187 Å². The van der Waals surface area contributed by atoms with Gasteiger partial charge >= 0.3 is 6.01 Å². The van der Waals surface area contributed by atoms with Crippen molar-refractivity contribution in [3.05, 3.63) is 119 Å². The number of benzene rings is 3. The Hall–Kier alpha value is -4.01. The summed E-state index contributed by atoms with van der Waals surface area (Å²) < 4.78 is 3.97. The van der Waals surface area contributed by atoms with Crippen LogP contribution in [0.4, 0.5) is 5.69 Å². The van der Waals surface area contributed by atoms with Crippen LogP contribution in [0.2, 0.25) is 0 Å². The molecule has 1 N–H and O–H groups in total. The first kappa shape index (κ1) is 18.7. The van der Waals surface area contributed by atoms with Gasteiger partial charge in [0.2, 0.25) is 11.9 Å². The maximum atomic E-state index is 4.37. The molecule has 0 atom stereocenters. The molecule has 2 heterocycles. The number of nitrogens with zero attached hydrogens (tertiary/aromatic N) is 3. The van der Waals surface area contributed by atoms with Crippen molar-refractivity contribution in [3.8, 4) is 11.1 Å². The summed E-state index contributed by atoms with van der Waals surface area (Å²) in [6.07, 6.45) is 5.89. The highest BCUT2D eigenvalue weighted by Crippen LogP contribution is 2.56. The Morgan fingerprint density at radius 3 is 2.16 bits per heavy atom. The van der Waals surface area contributed by atoms with Gasteiger partial charge in [-0.1, -0.05) is 68.8 Å². The fourth-order valence-corrected chi connectivity index (χ4v) is 5.21. The van der Waals surface area contributed by atoms with E-state index in [0.29, 0.717) is 0 Å².